The minimum atomic E-state index is -0.346. The summed E-state index contributed by atoms with van der Waals surface area (Å²) in [6.45, 7) is 1.87. The smallest absolute Gasteiger partial charge is 0.253 e. The van der Waals surface area contributed by atoms with E-state index in [9.17, 15) is 9.90 Å². The molecule has 2 N–H and O–H groups in total. The number of nitrogens with one attached hydrogen (secondary N) is 1. The van der Waals surface area contributed by atoms with Gasteiger partial charge in [-0.15, -0.1) is 0 Å². The average Bonchev–Trinajstić information content (AvgIpc) is 2.06. The number of fused-ring (bicyclic) bond motifs is 1. The third-order valence-corrected chi connectivity index (χ3v) is 1.81. The van der Waals surface area contributed by atoms with E-state index in [2.05, 4.69) is 9.97 Å². The van der Waals surface area contributed by atoms with E-state index in [1.165, 1.54) is 0 Å². The molecule has 0 unspecified atom stereocenters. The third-order valence-electron chi connectivity index (χ3n) is 1.81. The Bertz CT molecular complexity index is 516. The van der Waals surface area contributed by atoms with Crippen LogP contribution in [0.15, 0.2) is 23.1 Å². The second-order valence-electron chi connectivity index (χ2n) is 2.93. The fourth-order valence-corrected chi connectivity index (χ4v) is 1.22. The van der Waals surface area contributed by atoms with Crippen molar-refractivity contribution >= 4 is 11.0 Å². The summed E-state index contributed by atoms with van der Waals surface area (Å²) in [4.78, 5) is 17.5. The van der Waals surface area contributed by atoms with E-state index in [0.717, 1.165) is 11.6 Å². The second-order valence-corrected chi connectivity index (χ2v) is 2.93. The SMILES string of the molecule is Cc1cnc2[nH]c(=O)cc(O)c2c1. The Balaban J connectivity index is 2.95. The van der Waals surface area contributed by atoms with E-state index in [-0.39, 0.29) is 11.3 Å². The van der Waals surface area contributed by atoms with Crippen LogP contribution in [0.4, 0.5) is 0 Å². The molecule has 0 atom stereocenters. The van der Waals surface area contributed by atoms with Crippen molar-refractivity contribution < 1.29 is 5.11 Å². The zero-order chi connectivity index (χ0) is 9.42. The van der Waals surface area contributed by atoms with Crippen LogP contribution in [-0.4, -0.2) is 15.1 Å². The van der Waals surface area contributed by atoms with Gasteiger partial charge in [-0.2, -0.15) is 0 Å². The predicted molar refractivity (Wildman–Crippen MR) is 48.8 cm³/mol. The van der Waals surface area contributed by atoms with Gasteiger partial charge >= 0.3 is 0 Å². The normalized spacial score (nSPS) is 10.5. The van der Waals surface area contributed by atoms with Crippen molar-refractivity contribution in [2.75, 3.05) is 0 Å². The molecular weight excluding hydrogens is 168 g/mol. The number of hydrogen-bond donors (Lipinski definition) is 2. The lowest BCUT2D eigenvalue weighted by Gasteiger charge is -1.99. The van der Waals surface area contributed by atoms with Crippen LogP contribution in [0, 0.1) is 6.92 Å². The first-order valence-electron chi connectivity index (χ1n) is 3.85. The standard InChI is InChI=1S/C9H8N2O2/c1-5-2-6-7(12)3-8(13)11-9(6)10-4-5/h2-4H,1H3,(H2,10,11,12,13). The molecule has 2 aromatic rings. The van der Waals surface area contributed by atoms with Crippen molar-refractivity contribution in [2.45, 2.75) is 6.92 Å². The summed E-state index contributed by atoms with van der Waals surface area (Å²) in [5.74, 6) is -0.0325. The molecule has 0 spiro atoms. The number of H-pyrrole nitrogens is 1. The quantitative estimate of drug-likeness (QED) is 0.627. The van der Waals surface area contributed by atoms with E-state index in [0.29, 0.717) is 11.0 Å². The topological polar surface area (TPSA) is 66.0 Å². The highest BCUT2D eigenvalue weighted by atomic mass is 16.3. The van der Waals surface area contributed by atoms with Crippen molar-refractivity contribution in [2.24, 2.45) is 0 Å². The molecule has 0 saturated carbocycles. The van der Waals surface area contributed by atoms with Crippen molar-refractivity contribution in [3.8, 4) is 5.75 Å². The van der Waals surface area contributed by atoms with Gasteiger partial charge in [-0.3, -0.25) is 4.79 Å². The van der Waals surface area contributed by atoms with Crippen LogP contribution in [-0.2, 0) is 0 Å². The Morgan fingerprint density at radius 1 is 1.46 bits per heavy atom. The molecule has 66 valence electrons. The Kier molecular flexibility index (Phi) is 1.55. The Labute approximate surface area is 73.9 Å². The number of rotatable bonds is 0. The van der Waals surface area contributed by atoms with Crippen molar-refractivity contribution in [3.05, 3.63) is 34.2 Å². The lowest BCUT2D eigenvalue weighted by Crippen LogP contribution is -2.04. The molecule has 0 saturated heterocycles. The molecule has 4 heteroatoms. The Morgan fingerprint density at radius 3 is 3.00 bits per heavy atom. The van der Waals surface area contributed by atoms with Crippen LogP contribution in [0.2, 0.25) is 0 Å². The van der Waals surface area contributed by atoms with Crippen LogP contribution in [0.3, 0.4) is 0 Å². The molecule has 4 nitrogen and oxygen atoms in total. The summed E-state index contributed by atoms with van der Waals surface area (Å²) < 4.78 is 0. The first-order chi connectivity index (χ1) is 6.16. The van der Waals surface area contributed by atoms with Crippen molar-refractivity contribution in [1.82, 2.24) is 9.97 Å². The van der Waals surface area contributed by atoms with Gasteiger partial charge in [-0.25, -0.2) is 4.98 Å². The van der Waals surface area contributed by atoms with Crippen LogP contribution >= 0.6 is 0 Å². The fourth-order valence-electron chi connectivity index (χ4n) is 1.22. The van der Waals surface area contributed by atoms with E-state index in [4.69, 9.17) is 0 Å². The number of nitrogens with zero attached hydrogens (tertiary/aromatic N) is 1. The van der Waals surface area contributed by atoms with E-state index in [1.54, 1.807) is 12.3 Å². The van der Waals surface area contributed by atoms with Gasteiger partial charge in [0.1, 0.15) is 11.4 Å². The number of aryl methyl sites for hydroxylation is 1. The predicted octanol–water partition coefficient (Wildman–Crippen LogP) is 0.937. The molecule has 2 heterocycles. The molecule has 0 bridgehead atoms. The van der Waals surface area contributed by atoms with Gasteiger partial charge in [0.2, 0.25) is 0 Å². The lowest BCUT2D eigenvalue weighted by molar-refractivity contribution is 0.480. The monoisotopic (exact) mass is 176 g/mol. The maximum atomic E-state index is 10.9. The Hall–Kier alpha value is -1.84. The number of aromatic amines is 1. The first-order valence-corrected chi connectivity index (χ1v) is 3.85. The molecule has 0 aromatic carbocycles. The summed E-state index contributed by atoms with van der Waals surface area (Å²) in [5.41, 5.74) is 1.01. The maximum absolute atomic E-state index is 10.9. The molecule has 2 aromatic heterocycles. The van der Waals surface area contributed by atoms with E-state index >= 15 is 0 Å². The number of aromatic hydroxyl groups is 1. The minimum absolute atomic E-state index is 0.0325. The van der Waals surface area contributed by atoms with E-state index in [1.807, 2.05) is 6.92 Å². The zero-order valence-corrected chi connectivity index (χ0v) is 7.03. The number of pyridine rings is 2. The van der Waals surface area contributed by atoms with Crippen molar-refractivity contribution in [3.63, 3.8) is 0 Å². The molecule has 2 rings (SSSR count). The summed E-state index contributed by atoms with van der Waals surface area (Å²) in [7, 11) is 0. The van der Waals surface area contributed by atoms with Crippen LogP contribution in [0.25, 0.3) is 11.0 Å². The molecule has 0 fully saturated rings. The highest BCUT2D eigenvalue weighted by Gasteiger charge is 2.02. The highest BCUT2D eigenvalue weighted by Crippen LogP contribution is 2.19. The van der Waals surface area contributed by atoms with Gasteiger partial charge in [0.05, 0.1) is 5.39 Å². The molecule has 0 amide bonds. The van der Waals surface area contributed by atoms with Gasteiger partial charge in [0.25, 0.3) is 5.56 Å². The second kappa shape index (κ2) is 2.58. The number of hydrogen-bond acceptors (Lipinski definition) is 3. The first kappa shape index (κ1) is 7.79. The van der Waals surface area contributed by atoms with Gasteiger partial charge in [-0.05, 0) is 18.6 Å². The van der Waals surface area contributed by atoms with Crippen LogP contribution in [0.1, 0.15) is 5.56 Å². The fraction of sp³-hybridized carbons (Fsp3) is 0.111. The molecule has 0 radical (unpaired) electrons. The van der Waals surface area contributed by atoms with Crippen LogP contribution < -0.4 is 5.56 Å². The average molecular weight is 176 g/mol. The molecule has 0 aliphatic rings. The minimum Gasteiger partial charge on any atom is -0.507 e. The summed E-state index contributed by atoms with van der Waals surface area (Å²) >= 11 is 0. The van der Waals surface area contributed by atoms with E-state index < -0.39 is 0 Å². The van der Waals surface area contributed by atoms with Gasteiger partial charge in [0.15, 0.2) is 0 Å². The van der Waals surface area contributed by atoms with Gasteiger partial charge < -0.3 is 10.1 Å². The van der Waals surface area contributed by atoms with Crippen LogP contribution in [0.5, 0.6) is 5.75 Å². The highest BCUT2D eigenvalue weighted by molar-refractivity contribution is 5.81. The summed E-state index contributed by atoms with van der Waals surface area (Å²) in [6, 6.07) is 2.91. The molecule has 0 aliphatic carbocycles. The molecular formula is C9H8N2O2. The molecule has 0 aliphatic heterocycles. The lowest BCUT2D eigenvalue weighted by atomic mass is 10.2. The summed E-state index contributed by atoms with van der Waals surface area (Å²) in [6.07, 6.45) is 1.64. The van der Waals surface area contributed by atoms with Gasteiger partial charge in [-0.1, -0.05) is 0 Å². The third kappa shape index (κ3) is 1.26. The maximum Gasteiger partial charge on any atom is 0.253 e. The largest absolute Gasteiger partial charge is 0.507 e. The summed E-state index contributed by atoms with van der Waals surface area (Å²) in [5, 5.41) is 9.99. The Morgan fingerprint density at radius 2 is 2.23 bits per heavy atom. The van der Waals surface area contributed by atoms with Crippen molar-refractivity contribution in [1.29, 1.82) is 0 Å². The van der Waals surface area contributed by atoms with Gasteiger partial charge in [0, 0.05) is 12.3 Å². The zero-order valence-electron chi connectivity index (χ0n) is 7.03. The number of aromatic nitrogens is 2. The molecule has 13 heavy (non-hydrogen) atoms.